The van der Waals surface area contributed by atoms with Crippen LogP contribution in [0.4, 0.5) is 0 Å². The van der Waals surface area contributed by atoms with E-state index in [9.17, 15) is 4.79 Å². The Balaban J connectivity index is 0.00000196. The van der Waals surface area contributed by atoms with Crippen LogP contribution in [0.1, 0.15) is 17.5 Å². The van der Waals surface area contributed by atoms with Crippen molar-refractivity contribution in [3.8, 4) is 5.75 Å². The van der Waals surface area contributed by atoms with Crippen molar-refractivity contribution in [3.05, 3.63) is 65.5 Å². The summed E-state index contributed by atoms with van der Waals surface area (Å²) in [7, 11) is 3.27. The van der Waals surface area contributed by atoms with Gasteiger partial charge in [0.2, 0.25) is 5.78 Å². The third-order valence-electron chi connectivity index (χ3n) is 5.78. The Hall–Kier alpha value is -2.04. The van der Waals surface area contributed by atoms with Gasteiger partial charge in [-0.2, -0.15) is 0 Å². The summed E-state index contributed by atoms with van der Waals surface area (Å²) in [5, 5.41) is 0. The molecule has 138 valence electrons. The van der Waals surface area contributed by atoms with Crippen LogP contribution in [0.3, 0.4) is 0 Å². The largest absolute Gasteiger partial charge is 0.497 e. The molecular formula is C21H24ClNO3. The second-order valence-corrected chi connectivity index (χ2v) is 7.02. The molecule has 0 N–H and O–H groups in total. The van der Waals surface area contributed by atoms with Crippen molar-refractivity contribution in [1.82, 2.24) is 4.90 Å². The van der Waals surface area contributed by atoms with Crippen molar-refractivity contribution >= 4 is 18.2 Å². The van der Waals surface area contributed by atoms with E-state index in [2.05, 4.69) is 23.6 Å². The van der Waals surface area contributed by atoms with E-state index in [1.807, 2.05) is 18.2 Å². The van der Waals surface area contributed by atoms with Crippen LogP contribution in [0.15, 0.2) is 54.3 Å². The number of ether oxygens (including phenoxy) is 2. The summed E-state index contributed by atoms with van der Waals surface area (Å²) in [6, 6.07) is 6.71. The quantitative estimate of drug-likeness (QED) is 0.760. The van der Waals surface area contributed by atoms with E-state index in [4.69, 9.17) is 9.47 Å². The van der Waals surface area contributed by atoms with Gasteiger partial charge in [0, 0.05) is 24.5 Å². The molecule has 26 heavy (non-hydrogen) atoms. The summed E-state index contributed by atoms with van der Waals surface area (Å²) in [5.41, 5.74) is 3.47. The number of carbonyl (C=O) groups is 1. The summed E-state index contributed by atoms with van der Waals surface area (Å²) in [5.74, 6) is 1.28. The number of piperidine rings is 1. The molecule has 2 aliphatic carbocycles. The summed E-state index contributed by atoms with van der Waals surface area (Å²) in [4.78, 5) is 14.8. The van der Waals surface area contributed by atoms with Gasteiger partial charge in [0.15, 0.2) is 5.76 Å². The van der Waals surface area contributed by atoms with Gasteiger partial charge in [-0.05, 0) is 53.8 Å². The van der Waals surface area contributed by atoms with Crippen molar-refractivity contribution < 1.29 is 14.3 Å². The Morgan fingerprint density at radius 3 is 2.85 bits per heavy atom. The SMILES string of the molecule is C=CCN1CC2=CC(=O)C(OC)=CC23CC1Cc1cc(OC)ccc13.Cl. The van der Waals surface area contributed by atoms with Crippen LogP contribution < -0.4 is 4.74 Å². The number of allylic oxidation sites excluding steroid dienone is 2. The first-order valence-corrected chi connectivity index (χ1v) is 8.66. The van der Waals surface area contributed by atoms with Crippen LogP contribution in [-0.4, -0.2) is 44.0 Å². The van der Waals surface area contributed by atoms with Crippen LogP contribution in [0.5, 0.6) is 5.75 Å². The van der Waals surface area contributed by atoms with Gasteiger partial charge in [-0.15, -0.1) is 19.0 Å². The number of hydrogen-bond donors (Lipinski definition) is 0. The van der Waals surface area contributed by atoms with Crippen molar-refractivity contribution in [2.75, 3.05) is 27.3 Å². The predicted molar refractivity (Wildman–Crippen MR) is 104 cm³/mol. The average Bonchev–Trinajstić information content (AvgIpc) is 2.62. The normalized spacial score (nSPS) is 26.5. The lowest BCUT2D eigenvalue weighted by molar-refractivity contribution is -0.114. The van der Waals surface area contributed by atoms with Gasteiger partial charge in [0.05, 0.1) is 14.2 Å². The minimum atomic E-state index is -0.249. The number of methoxy groups -OCH3 is 2. The zero-order valence-electron chi connectivity index (χ0n) is 15.2. The topological polar surface area (TPSA) is 38.8 Å². The Morgan fingerprint density at radius 2 is 2.15 bits per heavy atom. The van der Waals surface area contributed by atoms with E-state index < -0.39 is 0 Å². The third-order valence-corrected chi connectivity index (χ3v) is 5.78. The minimum absolute atomic E-state index is 0. The maximum absolute atomic E-state index is 12.4. The second kappa shape index (κ2) is 6.93. The van der Waals surface area contributed by atoms with Crippen molar-refractivity contribution in [2.45, 2.75) is 24.3 Å². The van der Waals surface area contributed by atoms with E-state index in [1.165, 1.54) is 11.1 Å². The molecular weight excluding hydrogens is 350 g/mol. The molecule has 0 radical (unpaired) electrons. The number of fused-ring (bicyclic) bond motifs is 2. The fourth-order valence-corrected chi connectivity index (χ4v) is 4.63. The molecule has 4 nitrogen and oxygen atoms in total. The molecule has 2 unspecified atom stereocenters. The fraction of sp³-hybridized carbons (Fsp3) is 0.381. The molecule has 0 saturated carbocycles. The van der Waals surface area contributed by atoms with Gasteiger partial charge in [-0.1, -0.05) is 12.1 Å². The standard InChI is InChI=1S/C21H23NO3.ClH/c1-4-7-22-13-15-10-19(23)20(25-3)12-21(15)11-16(22)8-14-9-17(24-2)5-6-18(14)21;/h4-6,9-10,12,16H,1,7-8,11,13H2,2-3H3;1H. The van der Waals surface area contributed by atoms with Gasteiger partial charge in [0.1, 0.15) is 5.75 Å². The zero-order chi connectivity index (χ0) is 17.6. The first-order valence-electron chi connectivity index (χ1n) is 8.66. The molecule has 0 aromatic heterocycles. The van der Waals surface area contributed by atoms with E-state index in [-0.39, 0.29) is 23.6 Å². The lowest BCUT2D eigenvalue weighted by atomic mass is 9.59. The van der Waals surface area contributed by atoms with Crippen molar-refractivity contribution in [3.63, 3.8) is 0 Å². The van der Waals surface area contributed by atoms with Gasteiger partial charge in [0.25, 0.3) is 0 Å². The van der Waals surface area contributed by atoms with Crippen LogP contribution in [0.25, 0.3) is 0 Å². The van der Waals surface area contributed by atoms with E-state index in [0.29, 0.717) is 11.8 Å². The van der Waals surface area contributed by atoms with Crippen LogP contribution >= 0.6 is 12.4 Å². The highest BCUT2D eigenvalue weighted by molar-refractivity contribution is 6.05. The molecule has 1 heterocycles. The van der Waals surface area contributed by atoms with Crippen molar-refractivity contribution in [1.29, 1.82) is 0 Å². The summed E-state index contributed by atoms with van der Waals surface area (Å²) >= 11 is 0. The highest BCUT2D eigenvalue weighted by Crippen LogP contribution is 2.51. The predicted octanol–water partition coefficient (Wildman–Crippen LogP) is 3.21. The van der Waals surface area contributed by atoms with Crippen LogP contribution in [-0.2, 0) is 21.4 Å². The molecule has 1 saturated heterocycles. The molecule has 1 aromatic carbocycles. The lowest BCUT2D eigenvalue weighted by Gasteiger charge is -2.52. The molecule has 5 heteroatoms. The van der Waals surface area contributed by atoms with Gasteiger partial charge < -0.3 is 9.47 Å². The Labute approximate surface area is 160 Å². The molecule has 0 amide bonds. The Bertz CT molecular complexity index is 813. The number of rotatable bonds is 4. The Morgan fingerprint density at radius 1 is 1.35 bits per heavy atom. The summed E-state index contributed by atoms with van der Waals surface area (Å²) < 4.78 is 10.8. The number of hydrogen-bond acceptors (Lipinski definition) is 4. The molecule has 1 spiro atoms. The number of nitrogens with zero attached hydrogens (tertiary/aromatic N) is 1. The Kier molecular flexibility index (Phi) is 5.00. The number of ketones is 1. The molecule has 1 aromatic rings. The van der Waals surface area contributed by atoms with E-state index in [0.717, 1.165) is 37.3 Å². The fourth-order valence-electron chi connectivity index (χ4n) is 4.63. The zero-order valence-corrected chi connectivity index (χ0v) is 16.0. The molecule has 3 aliphatic rings. The van der Waals surface area contributed by atoms with E-state index >= 15 is 0 Å². The minimum Gasteiger partial charge on any atom is -0.497 e. The average molecular weight is 374 g/mol. The third kappa shape index (κ3) is 2.68. The highest BCUT2D eigenvalue weighted by Gasteiger charge is 2.49. The molecule has 4 rings (SSSR count). The second-order valence-electron chi connectivity index (χ2n) is 7.02. The van der Waals surface area contributed by atoms with Crippen LogP contribution in [0, 0.1) is 0 Å². The number of likely N-dealkylation sites (tertiary alicyclic amines) is 1. The first-order chi connectivity index (χ1) is 12.1. The smallest absolute Gasteiger partial charge is 0.220 e. The number of halogens is 1. The summed E-state index contributed by atoms with van der Waals surface area (Å²) in [6.45, 7) is 5.51. The molecule has 2 atom stereocenters. The molecule has 1 fully saturated rings. The van der Waals surface area contributed by atoms with Crippen molar-refractivity contribution in [2.24, 2.45) is 0 Å². The van der Waals surface area contributed by atoms with Crippen LogP contribution in [0.2, 0.25) is 0 Å². The molecule has 2 bridgehead atoms. The summed E-state index contributed by atoms with van der Waals surface area (Å²) in [6.07, 6.45) is 7.72. The maximum Gasteiger partial charge on any atom is 0.220 e. The number of benzene rings is 1. The molecule has 1 aliphatic heterocycles. The number of carbonyl (C=O) groups excluding carboxylic acids is 1. The van der Waals surface area contributed by atoms with Gasteiger partial charge in [-0.3, -0.25) is 9.69 Å². The van der Waals surface area contributed by atoms with Gasteiger partial charge in [-0.25, -0.2) is 0 Å². The lowest BCUT2D eigenvalue weighted by Crippen LogP contribution is -2.55. The van der Waals surface area contributed by atoms with Gasteiger partial charge >= 0.3 is 0 Å². The highest BCUT2D eigenvalue weighted by atomic mass is 35.5. The maximum atomic E-state index is 12.4. The monoisotopic (exact) mass is 373 g/mol. The first kappa shape index (κ1) is 18.7. The van der Waals surface area contributed by atoms with E-state index in [1.54, 1.807) is 20.3 Å².